The van der Waals surface area contributed by atoms with Crippen molar-refractivity contribution < 1.29 is 4.92 Å². The van der Waals surface area contributed by atoms with E-state index >= 15 is 0 Å². The van der Waals surface area contributed by atoms with Crippen LogP contribution in [0.5, 0.6) is 0 Å². The van der Waals surface area contributed by atoms with Gasteiger partial charge in [-0.15, -0.1) is 0 Å². The molecule has 7 heteroatoms. The van der Waals surface area contributed by atoms with Gasteiger partial charge in [-0.1, -0.05) is 32.9 Å². The minimum Gasteiger partial charge on any atom is -0.356 e. The number of nitro benzene ring substituents is 1. The normalized spacial score (nSPS) is 12.9. The Morgan fingerprint density at radius 3 is 2.44 bits per heavy atom. The van der Waals surface area contributed by atoms with Crippen molar-refractivity contribution in [3.63, 3.8) is 0 Å². The van der Waals surface area contributed by atoms with Gasteiger partial charge < -0.3 is 15.5 Å². The number of benzene rings is 1. The van der Waals surface area contributed by atoms with Crippen LogP contribution in [-0.4, -0.2) is 48.0 Å². The van der Waals surface area contributed by atoms with Gasteiger partial charge in [0.05, 0.1) is 11.5 Å². The minimum absolute atomic E-state index is 0.104. The van der Waals surface area contributed by atoms with E-state index in [0.29, 0.717) is 12.6 Å². The van der Waals surface area contributed by atoms with Crippen molar-refractivity contribution in [2.24, 2.45) is 4.99 Å². The number of hydrogen-bond donors (Lipinski definition) is 2. The molecule has 0 aliphatic rings. The van der Waals surface area contributed by atoms with E-state index in [1.54, 1.807) is 12.1 Å². The fourth-order valence-corrected chi connectivity index (χ4v) is 2.76. The molecular formula is C20H35N5O2. The van der Waals surface area contributed by atoms with Crippen molar-refractivity contribution in [2.75, 3.05) is 26.2 Å². The molecule has 1 rings (SSSR count). The van der Waals surface area contributed by atoms with E-state index in [-0.39, 0.29) is 10.6 Å². The summed E-state index contributed by atoms with van der Waals surface area (Å²) in [6.45, 7) is 13.4. The van der Waals surface area contributed by atoms with Gasteiger partial charge in [-0.3, -0.25) is 10.1 Å². The van der Waals surface area contributed by atoms with Gasteiger partial charge in [0, 0.05) is 24.7 Å². The highest BCUT2D eigenvalue weighted by molar-refractivity contribution is 5.80. The average molecular weight is 378 g/mol. The Kier molecular flexibility index (Phi) is 11.1. The molecule has 7 nitrogen and oxygen atoms in total. The zero-order valence-corrected chi connectivity index (χ0v) is 17.2. The molecule has 1 atom stereocenters. The van der Waals surface area contributed by atoms with E-state index in [0.717, 1.165) is 57.0 Å². The third-order valence-corrected chi connectivity index (χ3v) is 4.50. The molecule has 0 aliphatic heterocycles. The van der Waals surface area contributed by atoms with Crippen LogP contribution in [0.1, 0.15) is 52.5 Å². The highest BCUT2D eigenvalue weighted by Gasteiger charge is 2.08. The van der Waals surface area contributed by atoms with E-state index < -0.39 is 0 Å². The summed E-state index contributed by atoms with van der Waals surface area (Å²) in [6, 6.07) is 6.89. The highest BCUT2D eigenvalue weighted by Crippen LogP contribution is 2.12. The Balaban J connectivity index is 2.57. The number of guanidine groups is 1. The molecule has 0 aromatic heterocycles. The van der Waals surface area contributed by atoms with Crippen LogP contribution in [0.2, 0.25) is 0 Å². The zero-order chi connectivity index (χ0) is 20.1. The molecule has 0 fully saturated rings. The fraction of sp³-hybridized carbons (Fsp3) is 0.650. The fourth-order valence-electron chi connectivity index (χ4n) is 2.76. The summed E-state index contributed by atoms with van der Waals surface area (Å²) < 4.78 is 0. The first-order chi connectivity index (χ1) is 13.0. The first kappa shape index (κ1) is 22.9. The number of rotatable bonds is 12. The largest absolute Gasteiger partial charge is 0.356 e. The lowest BCUT2D eigenvalue weighted by Crippen LogP contribution is -2.42. The Bertz CT molecular complexity index is 570. The maximum absolute atomic E-state index is 10.7. The Morgan fingerprint density at radius 2 is 1.89 bits per heavy atom. The molecular weight excluding hydrogens is 342 g/mol. The van der Waals surface area contributed by atoms with Gasteiger partial charge in [-0.05, 0) is 51.4 Å². The highest BCUT2D eigenvalue weighted by atomic mass is 16.6. The number of nitro groups is 1. The summed E-state index contributed by atoms with van der Waals surface area (Å²) in [5.74, 6) is 0.797. The second kappa shape index (κ2) is 13.1. The molecule has 152 valence electrons. The second-order valence-electron chi connectivity index (χ2n) is 6.73. The van der Waals surface area contributed by atoms with E-state index in [9.17, 15) is 10.1 Å². The van der Waals surface area contributed by atoms with Gasteiger partial charge in [-0.2, -0.15) is 0 Å². The van der Waals surface area contributed by atoms with Crippen molar-refractivity contribution in [3.8, 4) is 0 Å². The van der Waals surface area contributed by atoms with Gasteiger partial charge >= 0.3 is 0 Å². The van der Waals surface area contributed by atoms with Gasteiger partial charge in [0.25, 0.3) is 5.69 Å². The van der Waals surface area contributed by atoms with Gasteiger partial charge in [0.15, 0.2) is 5.96 Å². The van der Waals surface area contributed by atoms with Crippen molar-refractivity contribution >= 4 is 11.6 Å². The molecule has 1 aromatic carbocycles. The van der Waals surface area contributed by atoms with Crippen LogP contribution in [0, 0.1) is 10.1 Å². The number of aliphatic imine (C=N–C) groups is 1. The van der Waals surface area contributed by atoms with Gasteiger partial charge in [-0.25, -0.2) is 4.99 Å². The van der Waals surface area contributed by atoms with Crippen molar-refractivity contribution in [3.05, 3.63) is 39.9 Å². The molecule has 0 saturated heterocycles. The number of hydrogen-bond acceptors (Lipinski definition) is 4. The standard InChI is InChI=1S/C20H35N5O2/c1-5-14-21-20(23-17(4)9-8-15-24(6-2)7-3)22-16-18-10-12-19(13-11-18)25(26)27/h10-13,17H,5-9,14-16H2,1-4H3,(H2,21,22,23). The van der Waals surface area contributed by atoms with E-state index in [1.807, 2.05) is 0 Å². The molecule has 0 saturated carbocycles. The summed E-state index contributed by atoms with van der Waals surface area (Å²) in [5.41, 5.74) is 1.05. The smallest absolute Gasteiger partial charge is 0.269 e. The van der Waals surface area contributed by atoms with Gasteiger partial charge in [0.2, 0.25) is 0 Å². The molecule has 2 N–H and O–H groups in total. The summed E-state index contributed by atoms with van der Waals surface area (Å²) in [4.78, 5) is 17.4. The zero-order valence-electron chi connectivity index (χ0n) is 17.2. The molecule has 0 heterocycles. The molecule has 1 unspecified atom stereocenters. The lowest BCUT2D eigenvalue weighted by atomic mass is 10.2. The van der Waals surface area contributed by atoms with Crippen molar-refractivity contribution in [1.29, 1.82) is 0 Å². The van der Waals surface area contributed by atoms with E-state index in [2.05, 4.69) is 48.2 Å². The minimum atomic E-state index is -0.386. The maximum Gasteiger partial charge on any atom is 0.269 e. The SMILES string of the molecule is CCCNC(=NCc1ccc([N+](=O)[O-])cc1)NC(C)CCCN(CC)CC. The quantitative estimate of drug-likeness (QED) is 0.252. The predicted octanol–water partition coefficient (Wildman–Crippen LogP) is 3.55. The van der Waals surface area contributed by atoms with Crippen molar-refractivity contribution in [1.82, 2.24) is 15.5 Å². The Morgan fingerprint density at radius 1 is 1.22 bits per heavy atom. The second-order valence-corrected chi connectivity index (χ2v) is 6.73. The van der Waals surface area contributed by atoms with Crippen LogP contribution in [0.4, 0.5) is 5.69 Å². The van der Waals surface area contributed by atoms with E-state index in [4.69, 9.17) is 0 Å². The first-order valence-corrected chi connectivity index (χ1v) is 10.0. The summed E-state index contributed by atoms with van der Waals surface area (Å²) in [5, 5.41) is 17.6. The lowest BCUT2D eigenvalue weighted by Gasteiger charge is -2.21. The summed E-state index contributed by atoms with van der Waals surface area (Å²) in [7, 11) is 0. The summed E-state index contributed by atoms with van der Waals surface area (Å²) >= 11 is 0. The molecule has 1 aromatic rings. The molecule has 27 heavy (non-hydrogen) atoms. The molecule has 0 spiro atoms. The average Bonchev–Trinajstić information content (AvgIpc) is 2.67. The van der Waals surface area contributed by atoms with Gasteiger partial charge in [0.1, 0.15) is 0 Å². The van der Waals surface area contributed by atoms with Crippen LogP contribution in [0.3, 0.4) is 0 Å². The van der Waals surface area contributed by atoms with Crippen LogP contribution in [-0.2, 0) is 6.54 Å². The van der Waals surface area contributed by atoms with E-state index in [1.165, 1.54) is 12.1 Å². The topological polar surface area (TPSA) is 82.8 Å². The molecule has 0 aliphatic carbocycles. The summed E-state index contributed by atoms with van der Waals surface area (Å²) in [6.07, 6.45) is 3.26. The third kappa shape index (κ3) is 9.38. The predicted molar refractivity (Wildman–Crippen MR) is 112 cm³/mol. The number of non-ortho nitro benzene ring substituents is 1. The third-order valence-electron chi connectivity index (χ3n) is 4.50. The number of nitrogens with one attached hydrogen (secondary N) is 2. The van der Waals surface area contributed by atoms with Crippen LogP contribution in [0.25, 0.3) is 0 Å². The van der Waals surface area contributed by atoms with Crippen LogP contribution in [0.15, 0.2) is 29.3 Å². The lowest BCUT2D eigenvalue weighted by molar-refractivity contribution is -0.384. The Hall–Kier alpha value is -2.15. The maximum atomic E-state index is 10.7. The molecule has 0 bridgehead atoms. The van der Waals surface area contributed by atoms with Crippen molar-refractivity contribution in [2.45, 2.75) is 59.5 Å². The number of nitrogens with zero attached hydrogens (tertiary/aromatic N) is 3. The van der Waals surface area contributed by atoms with Crippen LogP contribution >= 0.6 is 0 Å². The molecule has 0 radical (unpaired) electrons. The first-order valence-electron chi connectivity index (χ1n) is 10.0. The monoisotopic (exact) mass is 377 g/mol. The Labute approximate surface area is 163 Å². The van der Waals surface area contributed by atoms with Crippen LogP contribution < -0.4 is 10.6 Å². The molecule has 0 amide bonds.